The van der Waals surface area contributed by atoms with Crippen molar-refractivity contribution in [1.82, 2.24) is 20.2 Å². The molecule has 1 saturated heterocycles. The monoisotopic (exact) mass is 448 g/mol. The van der Waals surface area contributed by atoms with E-state index in [0.29, 0.717) is 60.3 Å². The van der Waals surface area contributed by atoms with Crippen LogP contribution in [0.25, 0.3) is 10.9 Å². The minimum Gasteiger partial charge on any atom is -0.493 e. The van der Waals surface area contributed by atoms with Gasteiger partial charge in [-0.3, -0.25) is 4.79 Å². The van der Waals surface area contributed by atoms with Gasteiger partial charge in [0.2, 0.25) is 11.9 Å². The lowest BCUT2D eigenvalue weighted by molar-refractivity contribution is -0.134. The van der Waals surface area contributed by atoms with Gasteiger partial charge in [-0.15, -0.1) is 0 Å². The van der Waals surface area contributed by atoms with Crippen molar-refractivity contribution in [3.05, 3.63) is 47.5 Å². The van der Waals surface area contributed by atoms with Gasteiger partial charge < -0.3 is 30.3 Å². The van der Waals surface area contributed by atoms with Gasteiger partial charge in [0.1, 0.15) is 5.82 Å². The molecule has 9 heteroatoms. The number of methoxy groups -OCH3 is 2. The van der Waals surface area contributed by atoms with E-state index in [4.69, 9.17) is 20.2 Å². The number of nitrogens with one attached hydrogen (secondary N) is 1. The standard InChI is InChI=1S/C24H28N6O3/c1-32-20-12-17-18(13-21(20)33-2)27-24(28-22(17)25)30-9-7-29(8-10-30)23(31)19-11-15-5-3-4-6-16(15)14-26-19/h3-6,12-13,19,26H,7-11,14H2,1-2H3,(H2,25,27,28)/t19-/m0/s1. The molecule has 0 bridgehead atoms. The van der Waals surface area contributed by atoms with Gasteiger partial charge in [0.05, 0.1) is 25.8 Å². The summed E-state index contributed by atoms with van der Waals surface area (Å²) in [6, 6.07) is 11.7. The summed E-state index contributed by atoms with van der Waals surface area (Å²) in [5.41, 5.74) is 9.46. The Morgan fingerprint density at radius 1 is 1.03 bits per heavy atom. The van der Waals surface area contributed by atoms with E-state index < -0.39 is 0 Å². The number of benzene rings is 2. The number of fused-ring (bicyclic) bond motifs is 2. The number of nitrogens with zero attached hydrogens (tertiary/aromatic N) is 4. The van der Waals surface area contributed by atoms with Crippen molar-refractivity contribution in [3.8, 4) is 11.5 Å². The van der Waals surface area contributed by atoms with Crippen LogP contribution in [0.2, 0.25) is 0 Å². The number of hydrogen-bond acceptors (Lipinski definition) is 8. The Bertz CT molecular complexity index is 1190. The molecule has 3 heterocycles. The summed E-state index contributed by atoms with van der Waals surface area (Å²) in [6.45, 7) is 3.25. The molecule has 1 amide bonds. The lowest BCUT2D eigenvalue weighted by atomic mass is 9.95. The SMILES string of the molecule is COc1cc2nc(N3CCN(C(=O)[C@@H]4Cc5ccccc5CN4)CC3)nc(N)c2cc1OC. The van der Waals surface area contributed by atoms with Gasteiger partial charge in [-0.25, -0.2) is 4.98 Å². The van der Waals surface area contributed by atoms with Crippen LogP contribution in [0.4, 0.5) is 11.8 Å². The van der Waals surface area contributed by atoms with Gasteiger partial charge >= 0.3 is 0 Å². The van der Waals surface area contributed by atoms with Crippen LogP contribution < -0.4 is 25.4 Å². The highest BCUT2D eigenvalue weighted by Gasteiger charge is 2.30. The Labute approximate surface area is 192 Å². The average molecular weight is 449 g/mol. The van der Waals surface area contributed by atoms with E-state index in [9.17, 15) is 4.79 Å². The number of carbonyl (C=O) groups is 1. The summed E-state index contributed by atoms with van der Waals surface area (Å²) in [7, 11) is 3.17. The molecule has 3 aromatic rings. The van der Waals surface area contributed by atoms with Crippen LogP contribution in [0, 0.1) is 0 Å². The lowest BCUT2D eigenvalue weighted by Crippen LogP contribution is -2.55. The molecule has 2 aromatic carbocycles. The summed E-state index contributed by atoms with van der Waals surface area (Å²) in [5, 5.41) is 4.11. The second-order valence-electron chi connectivity index (χ2n) is 8.35. The van der Waals surface area contributed by atoms with E-state index in [-0.39, 0.29) is 11.9 Å². The number of amides is 1. The van der Waals surface area contributed by atoms with Crippen molar-refractivity contribution < 1.29 is 14.3 Å². The van der Waals surface area contributed by atoms with Gasteiger partial charge in [-0.1, -0.05) is 24.3 Å². The minimum absolute atomic E-state index is 0.153. The number of ether oxygens (including phenoxy) is 2. The number of aromatic nitrogens is 2. The van der Waals surface area contributed by atoms with E-state index >= 15 is 0 Å². The highest BCUT2D eigenvalue weighted by atomic mass is 16.5. The molecule has 1 atom stereocenters. The Balaban J connectivity index is 1.28. The van der Waals surface area contributed by atoms with Crippen LogP contribution in [0.1, 0.15) is 11.1 Å². The normalized spacial score (nSPS) is 18.2. The third-order valence-corrected chi connectivity index (χ3v) is 6.47. The molecule has 9 nitrogen and oxygen atoms in total. The zero-order valence-corrected chi connectivity index (χ0v) is 18.9. The largest absolute Gasteiger partial charge is 0.493 e. The van der Waals surface area contributed by atoms with Gasteiger partial charge in [-0.05, 0) is 23.6 Å². The molecule has 0 saturated carbocycles. The van der Waals surface area contributed by atoms with Crippen molar-refractivity contribution in [2.24, 2.45) is 0 Å². The number of piperazine rings is 1. The maximum atomic E-state index is 13.1. The fraction of sp³-hybridized carbons (Fsp3) is 0.375. The summed E-state index contributed by atoms with van der Waals surface area (Å²) in [6.07, 6.45) is 0.727. The van der Waals surface area contributed by atoms with Crippen molar-refractivity contribution in [3.63, 3.8) is 0 Å². The Hall–Kier alpha value is -3.59. The average Bonchev–Trinajstić information content (AvgIpc) is 2.87. The van der Waals surface area contributed by atoms with Crippen molar-refractivity contribution in [2.75, 3.05) is 51.0 Å². The van der Waals surface area contributed by atoms with Crippen molar-refractivity contribution in [2.45, 2.75) is 19.0 Å². The Morgan fingerprint density at radius 3 is 2.45 bits per heavy atom. The lowest BCUT2D eigenvalue weighted by Gasteiger charge is -2.37. The quantitative estimate of drug-likeness (QED) is 0.620. The summed E-state index contributed by atoms with van der Waals surface area (Å²) in [5.74, 6) is 2.27. The van der Waals surface area contributed by atoms with E-state index in [1.807, 2.05) is 23.1 Å². The molecule has 0 aliphatic carbocycles. The predicted octanol–water partition coefficient (Wildman–Crippen LogP) is 1.59. The zero-order valence-electron chi connectivity index (χ0n) is 18.9. The predicted molar refractivity (Wildman–Crippen MR) is 127 cm³/mol. The molecule has 3 N–H and O–H groups in total. The maximum Gasteiger partial charge on any atom is 0.240 e. The topological polar surface area (TPSA) is 106 Å². The van der Waals surface area contributed by atoms with Crippen molar-refractivity contribution >= 4 is 28.6 Å². The molecule has 2 aliphatic heterocycles. The molecule has 1 fully saturated rings. The first-order valence-electron chi connectivity index (χ1n) is 11.1. The molecular formula is C24H28N6O3. The second-order valence-corrected chi connectivity index (χ2v) is 8.35. The number of anilines is 2. The second kappa shape index (κ2) is 8.74. The molecular weight excluding hydrogens is 420 g/mol. The van der Waals surface area contributed by atoms with Crippen molar-refractivity contribution in [1.29, 1.82) is 0 Å². The van der Waals surface area contributed by atoms with Crippen LogP contribution >= 0.6 is 0 Å². The first kappa shape index (κ1) is 21.3. The third kappa shape index (κ3) is 4.00. The van der Waals surface area contributed by atoms with Gasteiger partial charge in [0.25, 0.3) is 0 Å². The molecule has 0 radical (unpaired) electrons. The summed E-state index contributed by atoms with van der Waals surface area (Å²) >= 11 is 0. The number of nitrogen functional groups attached to an aromatic ring is 1. The highest BCUT2D eigenvalue weighted by molar-refractivity contribution is 5.91. The summed E-state index contributed by atoms with van der Waals surface area (Å²) < 4.78 is 10.8. The molecule has 0 unspecified atom stereocenters. The number of nitrogens with two attached hydrogens (primary N) is 1. The first-order valence-corrected chi connectivity index (χ1v) is 11.1. The molecule has 33 heavy (non-hydrogen) atoms. The van der Waals surface area contributed by atoms with Gasteiger partial charge in [0, 0.05) is 44.2 Å². The molecule has 172 valence electrons. The summed E-state index contributed by atoms with van der Waals surface area (Å²) in [4.78, 5) is 26.4. The molecule has 2 aliphatic rings. The Morgan fingerprint density at radius 2 is 1.73 bits per heavy atom. The van der Waals surface area contributed by atoms with E-state index in [1.165, 1.54) is 11.1 Å². The van der Waals surface area contributed by atoms with Gasteiger partial charge in [-0.2, -0.15) is 4.98 Å². The molecule has 0 spiro atoms. The third-order valence-electron chi connectivity index (χ3n) is 6.47. The molecule has 1 aromatic heterocycles. The number of carbonyl (C=O) groups excluding carboxylic acids is 1. The van der Waals surface area contributed by atoms with E-state index in [0.717, 1.165) is 13.0 Å². The highest BCUT2D eigenvalue weighted by Crippen LogP contribution is 2.34. The zero-order chi connectivity index (χ0) is 22.9. The smallest absolute Gasteiger partial charge is 0.240 e. The van der Waals surface area contributed by atoms with E-state index in [1.54, 1.807) is 20.3 Å². The fourth-order valence-electron chi connectivity index (χ4n) is 4.58. The molecule has 5 rings (SSSR count). The first-order chi connectivity index (χ1) is 16.1. The number of rotatable bonds is 4. The van der Waals surface area contributed by atoms with Crippen LogP contribution in [-0.4, -0.2) is 67.2 Å². The number of hydrogen-bond donors (Lipinski definition) is 2. The van der Waals surface area contributed by atoms with Gasteiger partial charge in [0.15, 0.2) is 11.5 Å². The Kier molecular flexibility index (Phi) is 5.63. The van der Waals surface area contributed by atoms with Crippen LogP contribution in [0.15, 0.2) is 36.4 Å². The van der Waals surface area contributed by atoms with Crippen LogP contribution in [0.3, 0.4) is 0 Å². The minimum atomic E-state index is -0.179. The maximum absolute atomic E-state index is 13.1. The fourth-order valence-corrected chi connectivity index (χ4v) is 4.58. The van der Waals surface area contributed by atoms with Crippen LogP contribution in [0.5, 0.6) is 11.5 Å². The van der Waals surface area contributed by atoms with E-state index in [2.05, 4.69) is 27.3 Å². The van der Waals surface area contributed by atoms with Crippen LogP contribution in [-0.2, 0) is 17.8 Å².